The van der Waals surface area contributed by atoms with Gasteiger partial charge in [-0.25, -0.2) is 4.79 Å². The van der Waals surface area contributed by atoms with Crippen LogP contribution in [0, 0.1) is 0 Å². The van der Waals surface area contributed by atoms with Crippen LogP contribution < -0.4 is 18.9 Å². The van der Waals surface area contributed by atoms with Gasteiger partial charge in [0.15, 0.2) is 11.5 Å². The largest absolute Gasteiger partial charge is 0.493 e. The molecular weight excluding hydrogens is 417 g/mol. The minimum Gasteiger partial charge on any atom is -0.493 e. The lowest BCUT2D eigenvalue weighted by Gasteiger charge is -2.27. The second-order valence-electron chi connectivity index (χ2n) is 5.88. The van der Waals surface area contributed by atoms with Gasteiger partial charge in [0.2, 0.25) is 6.10 Å². The number of hydrogen-bond acceptors (Lipinski definition) is 5. The van der Waals surface area contributed by atoms with Crippen molar-refractivity contribution >= 4 is 23.6 Å². The lowest BCUT2D eigenvalue weighted by molar-refractivity contribution is -0.187. The molecule has 0 spiro atoms. The van der Waals surface area contributed by atoms with Crippen LogP contribution in [0.4, 0.5) is 13.2 Å². The third kappa shape index (κ3) is 4.19. The number of benzene rings is 2. The Balaban J connectivity index is 1.98. The third-order valence-electron chi connectivity index (χ3n) is 4.03. The molecule has 6 nitrogen and oxygen atoms in total. The monoisotopic (exact) mass is 430 g/mol. The average Bonchev–Trinajstić information content (AvgIpc) is 2.66. The number of halogens is 4. The predicted molar refractivity (Wildman–Crippen MR) is 97.2 cm³/mol. The summed E-state index contributed by atoms with van der Waals surface area (Å²) in [5, 5.41) is 9.13. The molecule has 1 unspecified atom stereocenters. The summed E-state index contributed by atoms with van der Waals surface area (Å²) >= 11 is 6.16. The van der Waals surface area contributed by atoms with Crippen molar-refractivity contribution in [2.75, 3.05) is 14.2 Å². The van der Waals surface area contributed by atoms with Gasteiger partial charge in [0.1, 0.15) is 17.2 Å². The molecule has 0 saturated heterocycles. The Kier molecular flexibility index (Phi) is 5.52. The second-order valence-corrected chi connectivity index (χ2v) is 6.29. The van der Waals surface area contributed by atoms with Gasteiger partial charge in [-0.2, -0.15) is 13.2 Å². The van der Waals surface area contributed by atoms with Crippen molar-refractivity contribution in [1.82, 2.24) is 0 Å². The summed E-state index contributed by atoms with van der Waals surface area (Å²) in [6.45, 7) is 0. The van der Waals surface area contributed by atoms with E-state index in [1.54, 1.807) is 12.1 Å². The topological polar surface area (TPSA) is 74.2 Å². The number of hydrogen-bond donors (Lipinski definition) is 1. The third-order valence-corrected chi connectivity index (χ3v) is 4.33. The molecule has 1 aliphatic rings. The number of rotatable bonds is 5. The number of carboxylic acid groups (broad SMARTS) is 1. The standard InChI is InChI=1S/C19H14ClF3O6/c1-26-13-4-3-10(7-16(13)27-2)28-15-8-14-9(6-12(15)20)5-11(18(24)25)17(29-14)19(21,22)23/h3-8,17H,1-2H3,(H,24,25). The highest BCUT2D eigenvalue weighted by molar-refractivity contribution is 6.32. The summed E-state index contributed by atoms with van der Waals surface area (Å²) in [5.41, 5.74) is -0.845. The van der Waals surface area contributed by atoms with Gasteiger partial charge in [0.25, 0.3) is 0 Å². The molecule has 0 bridgehead atoms. The van der Waals surface area contributed by atoms with E-state index in [1.807, 2.05) is 0 Å². The molecule has 3 rings (SSSR count). The first-order valence-electron chi connectivity index (χ1n) is 8.05. The van der Waals surface area contributed by atoms with Gasteiger partial charge in [-0.3, -0.25) is 0 Å². The van der Waals surface area contributed by atoms with Gasteiger partial charge in [-0.1, -0.05) is 11.6 Å². The minimum atomic E-state index is -4.91. The maximum atomic E-state index is 13.2. The Morgan fingerprint density at radius 2 is 1.79 bits per heavy atom. The molecule has 1 aliphatic heterocycles. The number of ether oxygens (including phenoxy) is 4. The van der Waals surface area contributed by atoms with E-state index in [0.717, 1.165) is 6.08 Å². The zero-order chi connectivity index (χ0) is 21.3. The van der Waals surface area contributed by atoms with E-state index in [0.29, 0.717) is 11.5 Å². The number of alkyl halides is 3. The van der Waals surface area contributed by atoms with E-state index in [2.05, 4.69) is 0 Å². The van der Waals surface area contributed by atoms with Crippen LogP contribution in [-0.2, 0) is 4.79 Å². The molecule has 2 aromatic rings. The number of carbonyl (C=O) groups is 1. The quantitative estimate of drug-likeness (QED) is 0.724. The molecule has 0 aromatic heterocycles. The Morgan fingerprint density at radius 1 is 1.10 bits per heavy atom. The zero-order valence-electron chi connectivity index (χ0n) is 15.0. The van der Waals surface area contributed by atoms with Crippen LogP contribution in [0.15, 0.2) is 35.9 Å². The van der Waals surface area contributed by atoms with Crippen LogP contribution >= 0.6 is 11.6 Å². The SMILES string of the molecule is COc1ccc(Oc2cc3c(cc2Cl)C=C(C(=O)O)C(C(F)(F)F)O3)cc1OC. The Hall–Kier alpha value is -3.07. The lowest BCUT2D eigenvalue weighted by atomic mass is 10.0. The first-order chi connectivity index (χ1) is 13.6. The fourth-order valence-electron chi connectivity index (χ4n) is 2.70. The van der Waals surface area contributed by atoms with Crippen molar-refractivity contribution in [1.29, 1.82) is 0 Å². The molecule has 1 atom stereocenters. The first-order valence-corrected chi connectivity index (χ1v) is 8.43. The summed E-state index contributed by atoms with van der Waals surface area (Å²) in [7, 11) is 2.90. The number of methoxy groups -OCH3 is 2. The molecular formula is C19H14ClF3O6. The van der Waals surface area contributed by atoms with E-state index >= 15 is 0 Å². The van der Waals surface area contributed by atoms with Gasteiger partial charge in [-0.05, 0) is 24.3 Å². The van der Waals surface area contributed by atoms with Gasteiger partial charge in [0.05, 0.1) is 24.8 Å². The van der Waals surface area contributed by atoms with Crippen LogP contribution in [0.1, 0.15) is 5.56 Å². The molecule has 0 fully saturated rings. The normalized spacial score (nSPS) is 15.7. The molecule has 0 radical (unpaired) electrons. The Labute approximate surface area is 168 Å². The van der Waals surface area contributed by atoms with Gasteiger partial charge >= 0.3 is 12.1 Å². The van der Waals surface area contributed by atoms with Gasteiger partial charge in [0, 0.05) is 17.7 Å². The number of carboxylic acids is 1. The average molecular weight is 431 g/mol. The molecule has 2 aromatic carbocycles. The molecule has 1 N–H and O–H groups in total. The molecule has 29 heavy (non-hydrogen) atoms. The molecule has 0 amide bonds. The first kappa shape index (κ1) is 20.7. The van der Waals surface area contributed by atoms with Crippen molar-refractivity contribution in [2.24, 2.45) is 0 Å². The maximum Gasteiger partial charge on any atom is 0.430 e. The molecule has 0 aliphatic carbocycles. The molecule has 154 valence electrons. The van der Waals surface area contributed by atoms with E-state index in [4.69, 9.17) is 35.7 Å². The van der Waals surface area contributed by atoms with Crippen LogP contribution in [0.25, 0.3) is 6.08 Å². The molecule has 0 saturated carbocycles. The highest BCUT2D eigenvalue weighted by Gasteiger charge is 2.48. The minimum absolute atomic E-state index is 0.0192. The summed E-state index contributed by atoms with van der Waals surface area (Å²) in [6.07, 6.45) is -6.64. The van der Waals surface area contributed by atoms with Crippen molar-refractivity contribution in [3.63, 3.8) is 0 Å². The van der Waals surface area contributed by atoms with Crippen LogP contribution in [0.2, 0.25) is 5.02 Å². The van der Waals surface area contributed by atoms with Crippen LogP contribution in [0.5, 0.6) is 28.7 Å². The Morgan fingerprint density at radius 3 is 2.38 bits per heavy atom. The van der Waals surface area contributed by atoms with Crippen molar-refractivity contribution in [3.8, 4) is 28.7 Å². The predicted octanol–water partition coefficient (Wildman–Crippen LogP) is 4.94. The van der Waals surface area contributed by atoms with E-state index in [-0.39, 0.29) is 27.8 Å². The van der Waals surface area contributed by atoms with Gasteiger partial charge in [-0.15, -0.1) is 0 Å². The fraction of sp³-hybridized carbons (Fsp3) is 0.211. The lowest BCUT2D eigenvalue weighted by Crippen LogP contribution is -2.40. The van der Waals surface area contributed by atoms with Crippen molar-refractivity contribution < 1.29 is 42.0 Å². The zero-order valence-corrected chi connectivity index (χ0v) is 15.8. The van der Waals surface area contributed by atoms with Crippen LogP contribution in [-0.4, -0.2) is 37.6 Å². The summed E-state index contributed by atoms with van der Waals surface area (Å²) in [4.78, 5) is 11.2. The smallest absolute Gasteiger partial charge is 0.430 e. The Bertz CT molecular complexity index is 987. The van der Waals surface area contributed by atoms with Gasteiger partial charge < -0.3 is 24.1 Å². The van der Waals surface area contributed by atoms with E-state index in [9.17, 15) is 18.0 Å². The highest BCUT2D eigenvalue weighted by atomic mass is 35.5. The van der Waals surface area contributed by atoms with E-state index < -0.39 is 23.8 Å². The number of fused-ring (bicyclic) bond motifs is 1. The maximum absolute atomic E-state index is 13.2. The highest BCUT2D eigenvalue weighted by Crippen LogP contribution is 2.43. The van der Waals surface area contributed by atoms with Crippen LogP contribution in [0.3, 0.4) is 0 Å². The molecule has 10 heteroatoms. The molecule has 1 heterocycles. The number of aliphatic carboxylic acids is 1. The second kappa shape index (κ2) is 7.75. The summed E-state index contributed by atoms with van der Waals surface area (Å²) < 4.78 is 60.5. The summed E-state index contributed by atoms with van der Waals surface area (Å²) in [5.74, 6) is -0.808. The summed E-state index contributed by atoms with van der Waals surface area (Å²) in [6, 6.07) is 7.08. The van der Waals surface area contributed by atoms with Crippen molar-refractivity contribution in [3.05, 3.63) is 46.5 Å². The fourth-order valence-corrected chi connectivity index (χ4v) is 2.91. The van der Waals surface area contributed by atoms with E-state index in [1.165, 1.54) is 32.4 Å². The van der Waals surface area contributed by atoms with Crippen molar-refractivity contribution in [2.45, 2.75) is 12.3 Å².